The third-order valence-corrected chi connectivity index (χ3v) is 17.3. The summed E-state index contributed by atoms with van der Waals surface area (Å²) in [6.07, 6.45) is 15.4. The van der Waals surface area contributed by atoms with Crippen LogP contribution >= 0.6 is 0 Å². The van der Waals surface area contributed by atoms with Crippen molar-refractivity contribution in [1.82, 2.24) is 4.98 Å². The summed E-state index contributed by atoms with van der Waals surface area (Å²) in [5, 5.41) is 12.7. The van der Waals surface area contributed by atoms with Crippen molar-refractivity contribution in [2.24, 2.45) is 32.5 Å². The van der Waals surface area contributed by atoms with Crippen LogP contribution in [0.4, 0.5) is 0 Å². The molecule has 5 aromatic rings. The molecule has 8 saturated carbocycles. The lowest BCUT2D eigenvalue weighted by atomic mass is 9.35. The second-order valence-electron chi connectivity index (χ2n) is 24.7. The first-order valence-corrected chi connectivity index (χ1v) is 23.5. The number of nitrogens with zero attached hydrogens (tertiary/aromatic N) is 1. The normalized spacial score (nSPS) is 36.7. The molecule has 4 aromatic carbocycles. The van der Waals surface area contributed by atoms with Gasteiger partial charge in [-0.3, -0.25) is 0 Å². The fraction of sp³-hybridized carbons (Fsp3) is 0.500. The van der Waals surface area contributed by atoms with Gasteiger partial charge in [-0.05, 0) is 163 Å². The zero-order valence-corrected chi connectivity index (χ0v) is 38.4. The van der Waals surface area contributed by atoms with Gasteiger partial charge in [0.1, 0.15) is 11.5 Å². The van der Waals surface area contributed by atoms with Crippen LogP contribution in [-0.4, -0.2) is 17.2 Å². The number of phenols is 1. The summed E-state index contributed by atoms with van der Waals surface area (Å²) < 4.78 is 6.07. The van der Waals surface area contributed by atoms with Crippen molar-refractivity contribution in [3.63, 3.8) is 0 Å². The Morgan fingerprint density at radius 2 is 0.885 bits per heavy atom. The molecule has 0 unspecified atom stereocenters. The molecule has 13 rings (SSSR count). The molecule has 3 nitrogen and oxygen atoms in total. The molecule has 8 aliphatic carbocycles. The third-order valence-electron chi connectivity index (χ3n) is 17.3. The number of pyridine rings is 1. The highest BCUT2D eigenvalue weighted by Gasteiger charge is 2.66. The van der Waals surface area contributed by atoms with Crippen molar-refractivity contribution in [2.45, 2.75) is 143 Å². The van der Waals surface area contributed by atoms with E-state index in [1.807, 2.05) is 0 Å². The zero-order valence-electron chi connectivity index (χ0n) is 38.4. The number of methoxy groups -OCH3 is 1. The van der Waals surface area contributed by atoms with Gasteiger partial charge in [0.25, 0.3) is 0 Å². The van der Waals surface area contributed by atoms with E-state index in [4.69, 9.17) is 9.72 Å². The molecule has 8 fully saturated rings. The second-order valence-corrected chi connectivity index (χ2v) is 24.7. The van der Waals surface area contributed by atoms with E-state index in [1.54, 1.807) is 7.11 Å². The molecule has 8 aliphatic rings. The van der Waals surface area contributed by atoms with E-state index < -0.39 is 0 Å². The number of aromatic hydroxyl groups is 1. The highest BCUT2D eigenvalue weighted by molar-refractivity contribution is 5.88. The fourth-order valence-corrected chi connectivity index (χ4v) is 18.6. The molecule has 1 heterocycles. The van der Waals surface area contributed by atoms with Gasteiger partial charge in [-0.25, -0.2) is 4.98 Å². The van der Waals surface area contributed by atoms with Gasteiger partial charge in [0.2, 0.25) is 0 Å². The topological polar surface area (TPSA) is 42.4 Å². The minimum absolute atomic E-state index is 0.0168. The Hall–Kier alpha value is -4.37. The molecular weight excluding hydrogens is 743 g/mol. The van der Waals surface area contributed by atoms with Crippen LogP contribution in [0.2, 0.25) is 0 Å². The predicted molar refractivity (Wildman–Crippen MR) is 251 cm³/mol. The summed E-state index contributed by atoms with van der Waals surface area (Å²) >= 11 is 0. The quantitative estimate of drug-likeness (QED) is 0.178. The van der Waals surface area contributed by atoms with Crippen LogP contribution in [0.15, 0.2) is 91.0 Å². The van der Waals surface area contributed by atoms with E-state index in [0.29, 0.717) is 38.2 Å². The summed E-state index contributed by atoms with van der Waals surface area (Å²) in [6.45, 7) is 19.9. The first-order chi connectivity index (χ1) is 28.7. The molecule has 316 valence electrons. The highest BCUT2D eigenvalue weighted by Crippen LogP contribution is 2.75. The number of aryl methyl sites for hydroxylation is 2. The number of hydrogen-bond donors (Lipinski definition) is 1. The van der Waals surface area contributed by atoms with E-state index in [-0.39, 0.29) is 10.8 Å². The van der Waals surface area contributed by atoms with Crippen LogP contribution in [-0.2, 0) is 10.8 Å². The van der Waals surface area contributed by atoms with Crippen molar-refractivity contribution in [3.05, 3.63) is 113 Å². The van der Waals surface area contributed by atoms with Gasteiger partial charge in [0.05, 0.1) is 18.5 Å². The van der Waals surface area contributed by atoms with E-state index >= 15 is 0 Å². The standard InChI is InChI=1S/C58H67NO2/c1-37-18-39(22-40(19-37)57-31-51(3)25-52(4,32-57)27-53(5,26-51)33-57)42-14-10-12-16-44(42)48-23-41(61-9)24-49(59-48)45-17-13-11-15-43(45)46-20-38(2)21-47(50(46)60)58-34-54(6)28-55(7,35-58)30-56(8,29-54)36-58/h10-24,60H,25-36H2,1-9H3. The molecule has 3 heteroatoms. The molecular formula is C58H67NO2. The van der Waals surface area contributed by atoms with Crippen LogP contribution in [0.5, 0.6) is 11.5 Å². The number of ether oxygens (including phenoxy) is 1. The van der Waals surface area contributed by atoms with Crippen molar-refractivity contribution in [1.29, 1.82) is 0 Å². The second kappa shape index (κ2) is 12.6. The maximum atomic E-state index is 12.7. The van der Waals surface area contributed by atoms with E-state index in [0.717, 1.165) is 64.2 Å². The largest absolute Gasteiger partial charge is 0.507 e. The van der Waals surface area contributed by atoms with Gasteiger partial charge in [0.15, 0.2) is 0 Å². The number of rotatable bonds is 7. The van der Waals surface area contributed by atoms with Crippen molar-refractivity contribution < 1.29 is 9.84 Å². The van der Waals surface area contributed by atoms with Crippen molar-refractivity contribution >= 4 is 0 Å². The van der Waals surface area contributed by atoms with Crippen LogP contribution in [0.1, 0.15) is 141 Å². The Balaban J connectivity index is 1.01. The summed E-state index contributed by atoms with van der Waals surface area (Å²) in [7, 11) is 1.76. The molecule has 8 bridgehead atoms. The summed E-state index contributed by atoms with van der Waals surface area (Å²) in [5.74, 6) is 1.23. The van der Waals surface area contributed by atoms with Crippen molar-refractivity contribution in [3.8, 4) is 56.3 Å². The first-order valence-electron chi connectivity index (χ1n) is 23.5. The van der Waals surface area contributed by atoms with Crippen LogP contribution in [0, 0.1) is 46.3 Å². The molecule has 0 atom stereocenters. The Bertz CT molecular complexity index is 2540. The third kappa shape index (κ3) is 6.28. The molecule has 0 radical (unpaired) electrons. The van der Waals surface area contributed by atoms with Crippen molar-refractivity contribution in [2.75, 3.05) is 7.11 Å². The summed E-state index contributed by atoms with van der Waals surface area (Å²) in [5.41, 5.74) is 15.8. The molecule has 1 N–H and O–H groups in total. The minimum Gasteiger partial charge on any atom is -0.507 e. The lowest BCUT2D eigenvalue weighted by Gasteiger charge is -2.69. The van der Waals surface area contributed by atoms with Crippen LogP contribution in [0.3, 0.4) is 0 Å². The number of benzene rings is 4. The van der Waals surface area contributed by atoms with E-state index in [1.165, 1.54) is 85.6 Å². The summed E-state index contributed by atoms with van der Waals surface area (Å²) in [4.78, 5) is 5.52. The Labute approximate surface area is 365 Å². The average molecular weight is 810 g/mol. The predicted octanol–water partition coefficient (Wildman–Crippen LogP) is 15.4. The SMILES string of the molecule is COc1cc(-c2ccccc2-c2cc(C)cc(C34CC5(C)CC(C)(CC(C)(C5)C3)C4)c2)nc(-c2ccccc2-c2cc(C)cc(C34CC5(C)CC(C)(CC(C)(C5)C3)C4)c2O)c1. The first kappa shape index (κ1) is 39.5. The number of hydrogen-bond acceptors (Lipinski definition) is 3. The average Bonchev–Trinajstić information content (AvgIpc) is 3.14. The lowest BCUT2D eigenvalue weighted by molar-refractivity contribution is -0.152. The molecule has 0 spiro atoms. The lowest BCUT2D eigenvalue weighted by Crippen LogP contribution is -2.60. The van der Waals surface area contributed by atoms with E-state index in [9.17, 15) is 5.11 Å². The van der Waals surface area contributed by atoms with Gasteiger partial charge >= 0.3 is 0 Å². The fourth-order valence-electron chi connectivity index (χ4n) is 18.6. The van der Waals surface area contributed by atoms with Gasteiger partial charge < -0.3 is 9.84 Å². The maximum Gasteiger partial charge on any atom is 0.127 e. The number of phenolic OH excluding ortho intramolecular Hbond substituents is 1. The molecule has 0 aliphatic heterocycles. The van der Waals surface area contributed by atoms with E-state index in [2.05, 4.69) is 146 Å². The molecule has 0 amide bonds. The Morgan fingerprint density at radius 3 is 1.38 bits per heavy atom. The minimum atomic E-state index is -0.0168. The van der Waals surface area contributed by atoms with Gasteiger partial charge in [-0.1, -0.05) is 120 Å². The van der Waals surface area contributed by atoms with Crippen LogP contribution in [0.25, 0.3) is 44.8 Å². The number of aromatic nitrogens is 1. The van der Waals surface area contributed by atoms with Crippen LogP contribution < -0.4 is 4.74 Å². The highest BCUT2D eigenvalue weighted by atomic mass is 16.5. The van der Waals surface area contributed by atoms with Gasteiger partial charge in [-0.2, -0.15) is 0 Å². The zero-order chi connectivity index (χ0) is 42.6. The Kier molecular flexibility index (Phi) is 8.18. The Morgan fingerprint density at radius 1 is 0.459 bits per heavy atom. The monoisotopic (exact) mass is 810 g/mol. The summed E-state index contributed by atoms with van der Waals surface area (Å²) in [6, 6.07) is 33.5. The molecule has 0 saturated heterocycles. The smallest absolute Gasteiger partial charge is 0.127 e. The molecule has 1 aromatic heterocycles. The maximum absolute atomic E-state index is 12.7. The van der Waals surface area contributed by atoms with Gasteiger partial charge in [-0.15, -0.1) is 0 Å². The van der Waals surface area contributed by atoms with Gasteiger partial charge in [0, 0.05) is 39.8 Å². The molecule has 61 heavy (non-hydrogen) atoms.